The van der Waals surface area contributed by atoms with Gasteiger partial charge < -0.3 is 5.73 Å². The highest BCUT2D eigenvalue weighted by atomic mass is 32.2. The lowest BCUT2D eigenvalue weighted by molar-refractivity contribution is -0.136. The van der Waals surface area contributed by atoms with E-state index < -0.39 is 28.5 Å². The van der Waals surface area contributed by atoms with Gasteiger partial charge in [-0.15, -0.1) is 0 Å². The van der Waals surface area contributed by atoms with Crippen molar-refractivity contribution in [2.75, 3.05) is 18.8 Å². The third-order valence-corrected chi connectivity index (χ3v) is 7.51. The fourth-order valence-electron chi connectivity index (χ4n) is 4.86. The lowest BCUT2D eigenvalue weighted by atomic mass is 9.79. The minimum atomic E-state index is -4.55. The van der Waals surface area contributed by atoms with Crippen LogP contribution in [-0.4, -0.2) is 37.5 Å². The first-order valence-electron chi connectivity index (χ1n) is 8.32. The molecule has 1 saturated carbocycles. The molecule has 0 unspecified atom stereocenters. The molecule has 1 aliphatic heterocycles. The predicted molar refractivity (Wildman–Crippen MR) is 86.9 cm³/mol. The van der Waals surface area contributed by atoms with E-state index in [1.54, 1.807) is 0 Å². The summed E-state index contributed by atoms with van der Waals surface area (Å²) in [4.78, 5) is 0. The number of anilines is 1. The molecule has 1 aromatic rings. The van der Waals surface area contributed by atoms with Crippen molar-refractivity contribution < 1.29 is 21.6 Å². The van der Waals surface area contributed by atoms with Gasteiger partial charge in [0.15, 0.2) is 0 Å². The summed E-state index contributed by atoms with van der Waals surface area (Å²) in [6, 6.07) is 5.68. The fraction of sp³-hybridized carbons (Fsp3) is 0.625. The Morgan fingerprint density at radius 3 is 2.48 bits per heavy atom. The average molecular weight is 375 g/mol. The standard InChI is InChI=1S/C16H20F3N3O2S/c17-16(18,19)9-22-8-15(21-25(22,23)24)12-2-3-13(15)6-11-7-14(20)4-1-10(11)5-12/h1,4,7,12-13,21H,2-3,5-6,8-9,20H2/t12-,13+,15-/m1/s1. The Morgan fingerprint density at radius 1 is 1.20 bits per heavy atom. The van der Waals surface area contributed by atoms with Crippen LogP contribution in [0.4, 0.5) is 18.9 Å². The lowest BCUT2D eigenvalue weighted by Gasteiger charge is -2.33. The summed E-state index contributed by atoms with van der Waals surface area (Å²) in [5.74, 6) is -0.0241. The Balaban J connectivity index is 1.70. The summed E-state index contributed by atoms with van der Waals surface area (Å²) < 4.78 is 66.4. The van der Waals surface area contributed by atoms with E-state index in [0.29, 0.717) is 22.8 Å². The average Bonchev–Trinajstić information content (AvgIpc) is 2.84. The molecule has 3 atom stereocenters. The topological polar surface area (TPSA) is 75.4 Å². The van der Waals surface area contributed by atoms with Crippen molar-refractivity contribution in [2.45, 2.75) is 37.4 Å². The highest BCUT2D eigenvalue weighted by Gasteiger charge is 2.60. The molecule has 3 N–H and O–H groups in total. The molecule has 25 heavy (non-hydrogen) atoms. The van der Waals surface area contributed by atoms with Crippen LogP contribution in [0, 0.1) is 11.8 Å². The lowest BCUT2D eigenvalue weighted by Crippen LogP contribution is -2.52. The van der Waals surface area contributed by atoms with E-state index in [9.17, 15) is 21.6 Å². The van der Waals surface area contributed by atoms with E-state index in [1.807, 2.05) is 18.2 Å². The van der Waals surface area contributed by atoms with E-state index in [1.165, 1.54) is 0 Å². The zero-order valence-electron chi connectivity index (χ0n) is 13.5. The third-order valence-electron chi connectivity index (χ3n) is 5.94. The molecule has 0 radical (unpaired) electrons. The highest BCUT2D eigenvalue weighted by molar-refractivity contribution is 7.87. The van der Waals surface area contributed by atoms with Crippen molar-refractivity contribution in [2.24, 2.45) is 11.8 Å². The molecule has 3 aliphatic rings. The SMILES string of the molecule is Nc1ccc2c(c1)C[C@@H]1CC[C@H](C2)[C@]12CN(CC(F)(F)F)S(=O)(=O)N2. The largest absolute Gasteiger partial charge is 0.402 e. The van der Waals surface area contributed by atoms with Gasteiger partial charge in [-0.2, -0.15) is 30.6 Å². The number of nitrogens with two attached hydrogens (primary N) is 1. The Kier molecular flexibility index (Phi) is 3.66. The number of nitrogens with zero attached hydrogens (tertiary/aromatic N) is 1. The number of halogens is 3. The highest BCUT2D eigenvalue weighted by Crippen LogP contribution is 2.50. The van der Waals surface area contributed by atoms with Crippen LogP contribution in [0.3, 0.4) is 0 Å². The molecule has 1 aromatic carbocycles. The first-order valence-corrected chi connectivity index (χ1v) is 9.76. The van der Waals surface area contributed by atoms with Gasteiger partial charge >= 0.3 is 6.18 Å². The van der Waals surface area contributed by atoms with Crippen LogP contribution in [0.15, 0.2) is 18.2 Å². The summed E-state index contributed by atoms with van der Waals surface area (Å²) in [5.41, 5.74) is 7.90. The summed E-state index contributed by atoms with van der Waals surface area (Å²) in [6.45, 7) is -1.56. The maximum atomic E-state index is 12.8. The first-order chi connectivity index (χ1) is 11.6. The van der Waals surface area contributed by atoms with Gasteiger partial charge in [0, 0.05) is 12.2 Å². The van der Waals surface area contributed by atoms with Crippen molar-refractivity contribution in [3.8, 4) is 0 Å². The quantitative estimate of drug-likeness (QED) is 0.736. The van der Waals surface area contributed by atoms with Gasteiger partial charge in [0.1, 0.15) is 6.54 Å². The van der Waals surface area contributed by atoms with Crippen LogP contribution in [0.25, 0.3) is 0 Å². The van der Waals surface area contributed by atoms with Crippen LogP contribution in [0.1, 0.15) is 24.0 Å². The molecular formula is C16H20F3N3O2S. The maximum absolute atomic E-state index is 12.8. The van der Waals surface area contributed by atoms with Gasteiger partial charge in [0.25, 0.3) is 10.2 Å². The molecule has 2 fully saturated rings. The van der Waals surface area contributed by atoms with Gasteiger partial charge in [-0.1, -0.05) is 6.07 Å². The van der Waals surface area contributed by atoms with Gasteiger partial charge in [0.2, 0.25) is 0 Å². The number of hydrogen-bond donors (Lipinski definition) is 2. The van der Waals surface area contributed by atoms with Crippen molar-refractivity contribution in [3.63, 3.8) is 0 Å². The molecule has 138 valence electrons. The number of benzene rings is 1. The smallest absolute Gasteiger partial charge is 0.399 e. The van der Waals surface area contributed by atoms with E-state index in [0.717, 1.165) is 24.0 Å². The first kappa shape index (κ1) is 17.1. The molecular weight excluding hydrogens is 355 g/mol. The molecule has 0 aromatic heterocycles. The molecule has 5 nitrogen and oxygen atoms in total. The number of nitrogen functional groups attached to an aromatic ring is 1. The molecule has 1 heterocycles. The van der Waals surface area contributed by atoms with Gasteiger partial charge in [-0.05, 0) is 60.8 Å². The number of alkyl halides is 3. The van der Waals surface area contributed by atoms with Crippen LogP contribution in [0.5, 0.6) is 0 Å². The predicted octanol–water partition coefficient (Wildman–Crippen LogP) is 1.84. The summed E-state index contributed by atoms with van der Waals surface area (Å²) in [6.07, 6.45) is -1.63. The number of nitrogens with one attached hydrogen (secondary N) is 1. The van der Waals surface area contributed by atoms with Gasteiger partial charge in [-0.25, -0.2) is 0 Å². The van der Waals surface area contributed by atoms with Crippen molar-refractivity contribution in [1.82, 2.24) is 9.03 Å². The van der Waals surface area contributed by atoms with E-state index in [2.05, 4.69) is 4.72 Å². The molecule has 1 spiro atoms. The number of hydrogen-bond acceptors (Lipinski definition) is 3. The van der Waals surface area contributed by atoms with Crippen molar-refractivity contribution in [3.05, 3.63) is 29.3 Å². The molecule has 0 amide bonds. The summed E-state index contributed by atoms with van der Waals surface area (Å²) in [7, 11) is -4.13. The Labute approximate surface area is 144 Å². The van der Waals surface area contributed by atoms with E-state index >= 15 is 0 Å². The monoisotopic (exact) mass is 375 g/mol. The summed E-state index contributed by atoms with van der Waals surface area (Å²) in [5, 5.41) is 0. The van der Waals surface area contributed by atoms with Crippen LogP contribution in [-0.2, 0) is 23.1 Å². The third kappa shape index (κ3) is 2.82. The fourth-order valence-corrected chi connectivity index (χ4v) is 6.57. The molecule has 2 bridgehead atoms. The van der Waals surface area contributed by atoms with Gasteiger partial charge in [-0.3, -0.25) is 0 Å². The van der Waals surface area contributed by atoms with Crippen molar-refractivity contribution >= 4 is 15.9 Å². The minimum Gasteiger partial charge on any atom is -0.399 e. The van der Waals surface area contributed by atoms with Crippen molar-refractivity contribution in [1.29, 1.82) is 0 Å². The van der Waals surface area contributed by atoms with Gasteiger partial charge in [0.05, 0.1) is 5.54 Å². The van der Waals surface area contributed by atoms with Crippen LogP contribution >= 0.6 is 0 Å². The van der Waals surface area contributed by atoms with Crippen LogP contribution in [0.2, 0.25) is 0 Å². The second kappa shape index (κ2) is 5.34. The second-order valence-corrected chi connectivity index (χ2v) is 9.11. The number of rotatable bonds is 1. The normalized spacial score (nSPS) is 34.2. The second-order valence-electron chi connectivity index (χ2n) is 7.44. The summed E-state index contributed by atoms with van der Waals surface area (Å²) >= 11 is 0. The molecule has 1 saturated heterocycles. The van der Waals surface area contributed by atoms with E-state index in [4.69, 9.17) is 5.73 Å². The van der Waals surface area contributed by atoms with Crippen LogP contribution < -0.4 is 10.5 Å². The van der Waals surface area contributed by atoms with E-state index in [-0.39, 0.29) is 18.4 Å². The Bertz CT molecular complexity index is 811. The Hall–Kier alpha value is -1.32. The number of fused-ring (bicyclic) bond motifs is 1. The minimum absolute atomic E-state index is 0.00427. The molecule has 9 heteroatoms. The Morgan fingerprint density at radius 2 is 1.84 bits per heavy atom. The molecule has 2 aliphatic carbocycles. The maximum Gasteiger partial charge on any atom is 0.402 e. The zero-order chi connectivity index (χ0) is 18.0. The molecule has 4 rings (SSSR count). The zero-order valence-corrected chi connectivity index (χ0v) is 14.3.